The second-order valence-corrected chi connectivity index (χ2v) is 4.82. The molecule has 0 saturated heterocycles. The van der Waals surface area contributed by atoms with Crippen LogP contribution in [0.1, 0.15) is 18.9 Å². The monoisotopic (exact) mass is 257 g/mol. The number of pyridine rings is 1. The van der Waals surface area contributed by atoms with Crippen LogP contribution in [0, 0.1) is 0 Å². The van der Waals surface area contributed by atoms with E-state index in [9.17, 15) is 9.59 Å². The lowest BCUT2D eigenvalue weighted by molar-refractivity contribution is -0.109. The molecule has 86 valence electrons. The average Bonchev–Trinajstić information content (AvgIpc) is 2.22. The van der Waals surface area contributed by atoms with E-state index in [0.29, 0.717) is 0 Å². The van der Waals surface area contributed by atoms with Gasteiger partial charge < -0.3 is 4.98 Å². The molecule has 0 aliphatic rings. The lowest BCUT2D eigenvalue weighted by atomic mass is 10.2. The first-order valence-electron chi connectivity index (χ1n) is 4.77. The number of aromatic nitrogens is 1. The summed E-state index contributed by atoms with van der Waals surface area (Å²) in [4.78, 5) is 24.1. The summed E-state index contributed by atoms with van der Waals surface area (Å²) in [7, 11) is 0. The van der Waals surface area contributed by atoms with E-state index in [-0.39, 0.29) is 15.7 Å². The maximum atomic E-state index is 11.0. The third kappa shape index (κ3) is 4.68. The van der Waals surface area contributed by atoms with Crippen LogP contribution in [0.3, 0.4) is 0 Å². The van der Waals surface area contributed by atoms with Crippen LogP contribution in [0.2, 0.25) is 5.02 Å². The second-order valence-electron chi connectivity index (χ2n) is 3.14. The highest BCUT2D eigenvalue weighted by atomic mass is 35.5. The minimum atomic E-state index is -0.286. The Morgan fingerprint density at radius 2 is 2.38 bits per heavy atom. The molecule has 5 heteroatoms. The topological polar surface area (TPSA) is 49.9 Å². The van der Waals surface area contributed by atoms with Crippen molar-refractivity contribution in [2.75, 3.05) is 5.75 Å². The predicted octanol–water partition coefficient (Wildman–Crippen LogP) is 2.71. The molecule has 1 N–H and O–H groups in total. The van der Waals surface area contributed by atoms with Gasteiger partial charge in [-0.3, -0.25) is 9.59 Å². The second kappa shape index (κ2) is 6.55. The van der Waals surface area contributed by atoms with Crippen molar-refractivity contribution >= 4 is 34.6 Å². The number of allylic oxidation sites excluding steroid dienone is 1. The third-order valence-corrected chi connectivity index (χ3v) is 2.91. The van der Waals surface area contributed by atoms with Crippen molar-refractivity contribution < 1.29 is 4.79 Å². The van der Waals surface area contributed by atoms with Crippen molar-refractivity contribution in [2.24, 2.45) is 0 Å². The van der Waals surface area contributed by atoms with E-state index in [1.54, 1.807) is 19.2 Å². The van der Waals surface area contributed by atoms with Crippen molar-refractivity contribution in [1.29, 1.82) is 0 Å². The quantitative estimate of drug-likeness (QED) is 0.844. The Hall–Kier alpha value is -1.00. The molecular weight excluding hydrogens is 246 g/mol. The molecule has 1 heterocycles. The molecule has 1 rings (SSSR count). The van der Waals surface area contributed by atoms with Gasteiger partial charge in [-0.2, -0.15) is 0 Å². The Labute approximate surface area is 103 Å². The standard InChI is InChI=1S/C11H12ClNO2S/c1-8(14)16-5-3-2-4-9-6-10(12)11(15)13-7-9/h2,4,6-7H,3,5H2,1H3,(H,13,15). The van der Waals surface area contributed by atoms with Crippen LogP contribution in [0.15, 0.2) is 23.1 Å². The molecule has 0 atom stereocenters. The van der Waals surface area contributed by atoms with Gasteiger partial charge in [0, 0.05) is 18.9 Å². The minimum absolute atomic E-state index is 0.125. The van der Waals surface area contributed by atoms with Gasteiger partial charge in [0.2, 0.25) is 0 Å². The Morgan fingerprint density at radius 1 is 1.62 bits per heavy atom. The van der Waals surface area contributed by atoms with Gasteiger partial charge >= 0.3 is 0 Å². The summed E-state index contributed by atoms with van der Waals surface area (Å²) in [6.45, 7) is 1.55. The van der Waals surface area contributed by atoms with Crippen LogP contribution in [-0.2, 0) is 4.79 Å². The van der Waals surface area contributed by atoms with E-state index in [1.165, 1.54) is 11.8 Å². The van der Waals surface area contributed by atoms with E-state index in [4.69, 9.17) is 11.6 Å². The summed E-state index contributed by atoms with van der Waals surface area (Å²) in [5.41, 5.74) is 0.559. The van der Waals surface area contributed by atoms with Crippen LogP contribution in [0.4, 0.5) is 0 Å². The fraction of sp³-hybridized carbons (Fsp3) is 0.273. The number of aromatic amines is 1. The zero-order chi connectivity index (χ0) is 12.0. The van der Waals surface area contributed by atoms with Crippen LogP contribution in [0.5, 0.6) is 0 Å². The largest absolute Gasteiger partial charge is 0.327 e. The summed E-state index contributed by atoms with van der Waals surface area (Å²) in [6.07, 6.45) is 6.21. The van der Waals surface area contributed by atoms with Crippen molar-refractivity contribution in [3.63, 3.8) is 0 Å². The number of carbonyl (C=O) groups is 1. The van der Waals surface area contributed by atoms with Gasteiger partial charge in [-0.15, -0.1) is 0 Å². The summed E-state index contributed by atoms with van der Waals surface area (Å²) in [6, 6.07) is 1.61. The average molecular weight is 258 g/mol. The van der Waals surface area contributed by atoms with E-state index < -0.39 is 0 Å². The number of hydrogen-bond acceptors (Lipinski definition) is 3. The SMILES string of the molecule is CC(=O)SCCC=Cc1c[nH]c(=O)c(Cl)c1. The maximum Gasteiger partial charge on any atom is 0.266 e. The number of H-pyrrole nitrogens is 1. The van der Waals surface area contributed by atoms with E-state index in [2.05, 4.69) is 4.98 Å². The first kappa shape index (κ1) is 13.1. The third-order valence-electron chi connectivity index (χ3n) is 1.78. The highest BCUT2D eigenvalue weighted by Crippen LogP contribution is 2.08. The van der Waals surface area contributed by atoms with Crippen molar-refractivity contribution in [1.82, 2.24) is 4.98 Å². The maximum absolute atomic E-state index is 11.0. The first-order valence-corrected chi connectivity index (χ1v) is 6.14. The molecule has 0 bridgehead atoms. The van der Waals surface area contributed by atoms with Gasteiger partial charge in [-0.25, -0.2) is 0 Å². The highest BCUT2D eigenvalue weighted by Gasteiger charge is 1.95. The molecular formula is C11H12ClNO2S. The van der Waals surface area contributed by atoms with E-state index in [1.807, 2.05) is 12.2 Å². The van der Waals surface area contributed by atoms with Crippen LogP contribution in [0.25, 0.3) is 6.08 Å². The fourth-order valence-corrected chi connectivity index (χ4v) is 1.78. The first-order chi connectivity index (χ1) is 7.59. The molecule has 0 aromatic carbocycles. The molecule has 0 aliphatic heterocycles. The zero-order valence-electron chi connectivity index (χ0n) is 8.83. The molecule has 0 fully saturated rings. The molecule has 0 spiro atoms. The van der Waals surface area contributed by atoms with Gasteiger partial charge in [-0.1, -0.05) is 35.5 Å². The molecule has 0 amide bonds. The summed E-state index contributed by atoms with van der Waals surface area (Å²) in [5, 5.41) is 0.306. The molecule has 16 heavy (non-hydrogen) atoms. The number of halogens is 1. The lowest BCUT2D eigenvalue weighted by Gasteiger charge is -1.94. The Morgan fingerprint density at radius 3 is 3.00 bits per heavy atom. The molecule has 0 aliphatic carbocycles. The number of nitrogens with one attached hydrogen (secondary N) is 1. The predicted molar refractivity (Wildman–Crippen MR) is 68.9 cm³/mol. The smallest absolute Gasteiger partial charge is 0.266 e. The number of hydrogen-bond donors (Lipinski definition) is 1. The Balaban J connectivity index is 2.47. The molecule has 0 saturated carbocycles. The van der Waals surface area contributed by atoms with Crippen molar-refractivity contribution in [3.8, 4) is 0 Å². The molecule has 1 aromatic rings. The van der Waals surface area contributed by atoms with Crippen molar-refractivity contribution in [3.05, 3.63) is 39.3 Å². The summed E-state index contributed by atoms with van der Waals surface area (Å²) >= 11 is 6.97. The number of carbonyl (C=O) groups excluding carboxylic acids is 1. The van der Waals surface area contributed by atoms with Gasteiger partial charge in [-0.05, 0) is 18.1 Å². The van der Waals surface area contributed by atoms with Gasteiger partial charge in [0.15, 0.2) is 5.12 Å². The number of thioether (sulfide) groups is 1. The molecule has 3 nitrogen and oxygen atoms in total. The van der Waals surface area contributed by atoms with E-state index in [0.717, 1.165) is 17.7 Å². The number of rotatable bonds is 4. The van der Waals surface area contributed by atoms with Crippen LogP contribution < -0.4 is 5.56 Å². The normalized spacial score (nSPS) is 10.9. The van der Waals surface area contributed by atoms with Gasteiger partial charge in [0.25, 0.3) is 5.56 Å². The van der Waals surface area contributed by atoms with Gasteiger partial charge in [0.05, 0.1) is 0 Å². The molecule has 1 aromatic heterocycles. The molecule has 0 unspecified atom stereocenters. The van der Waals surface area contributed by atoms with E-state index >= 15 is 0 Å². The summed E-state index contributed by atoms with van der Waals surface area (Å²) < 4.78 is 0. The molecule has 0 radical (unpaired) electrons. The highest BCUT2D eigenvalue weighted by molar-refractivity contribution is 8.13. The van der Waals surface area contributed by atoms with Gasteiger partial charge in [0.1, 0.15) is 5.02 Å². The fourth-order valence-electron chi connectivity index (χ4n) is 1.06. The lowest BCUT2D eigenvalue weighted by Crippen LogP contribution is -2.04. The van der Waals surface area contributed by atoms with Crippen LogP contribution in [-0.4, -0.2) is 15.9 Å². The zero-order valence-corrected chi connectivity index (χ0v) is 10.4. The minimum Gasteiger partial charge on any atom is -0.327 e. The van der Waals surface area contributed by atoms with Crippen LogP contribution >= 0.6 is 23.4 Å². The Kier molecular flexibility index (Phi) is 5.35. The Bertz CT molecular complexity index is 454. The summed E-state index contributed by atoms with van der Waals surface area (Å²) in [5.74, 6) is 0.767. The van der Waals surface area contributed by atoms with Crippen molar-refractivity contribution in [2.45, 2.75) is 13.3 Å².